The Morgan fingerprint density at radius 1 is 1.08 bits per heavy atom. The van der Waals surface area contributed by atoms with Crippen LogP contribution in [0.3, 0.4) is 0 Å². The zero-order valence-electron chi connectivity index (χ0n) is 13.9. The van der Waals surface area contributed by atoms with E-state index in [4.69, 9.17) is 23.2 Å². The Labute approximate surface area is 165 Å². The molecule has 26 heavy (non-hydrogen) atoms. The van der Waals surface area contributed by atoms with Gasteiger partial charge in [0.25, 0.3) is 0 Å². The van der Waals surface area contributed by atoms with Gasteiger partial charge < -0.3 is 9.88 Å². The topological polar surface area (TPSA) is 59.8 Å². The first kappa shape index (κ1) is 18.8. The minimum absolute atomic E-state index is 0.175. The third-order valence-corrected chi connectivity index (χ3v) is 5.22. The number of anilines is 1. The lowest BCUT2D eigenvalue weighted by Crippen LogP contribution is -2.15. The molecule has 3 rings (SSSR count). The average molecular weight is 407 g/mol. The fourth-order valence-corrected chi connectivity index (χ4v) is 3.70. The highest BCUT2D eigenvalue weighted by molar-refractivity contribution is 7.99. The van der Waals surface area contributed by atoms with Gasteiger partial charge >= 0.3 is 0 Å². The molecule has 8 heteroatoms. The molecule has 3 aromatic rings. The highest BCUT2D eigenvalue weighted by Gasteiger charge is 2.15. The molecule has 1 amide bonds. The number of rotatable bonds is 6. The minimum Gasteiger partial charge on any atom is -0.323 e. The summed E-state index contributed by atoms with van der Waals surface area (Å²) in [5.74, 6) is 0.746. The van der Waals surface area contributed by atoms with Crippen molar-refractivity contribution in [3.05, 3.63) is 58.6 Å². The van der Waals surface area contributed by atoms with Gasteiger partial charge in [-0.15, -0.1) is 10.2 Å². The van der Waals surface area contributed by atoms with Gasteiger partial charge in [0, 0.05) is 12.1 Å². The predicted octanol–water partition coefficient (Wildman–Crippen LogP) is 5.00. The third-order valence-electron chi connectivity index (χ3n) is 3.62. The molecular formula is C18H16Cl2N4OS. The molecule has 0 aliphatic heterocycles. The second-order valence-electron chi connectivity index (χ2n) is 5.35. The van der Waals surface area contributed by atoms with Crippen molar-refractivity contribution in [1.29, 1.82) is 0 Å². The number of carbonyl (C=O) groups is 1. The van der Waals surface area contributed by atoms with Crippen LogP contribution in [-0.2, 0) is 11.3 Å². The largest absolute Gasteiger partial charge is 0.323 e. The first-order chi connectivity index (χ1) is 12.6. The lowest BCUT2D eigenvalue weighted by molar-refractivity contribution is -0.113. The van der Waals surface area contributed by atoms with Gasteiger partial charge in [-0.3, -0.25) is 4.79 Å². The lowest BCUT2D eigenvalue weighted by atomic mass is 10.2. The predicted molar refractivity (Wildman–Crippen MR) is 107 cm³/mol. The fraction of sp³-hybridized carbons (Fsp3) is 0.167. The molecule has 0 aliphatic rings. The van der Waals surface area contributed by atoms with Crippen LogP contribution >= 0.6 is 35.0 Å². The van der Waals surface area contributed by atoms with E-state index in [1.807, 2.05) is 41.8 Å². The lowest BCUT2D eigenvalue weighted by Gasteiger charge is -2.09. The average Bonchev–Trinajstić information content (AvgIpc) is 3.07. The second kappa shape index (κ2) is 8.58. The van der Waals surface area contributed by atoms with Crippen molar-refractivity contribution in [1.82, 2.24) is 14.8 Å². The summed E-state index contributed by atoms with van der Waals surface area (Å²) >= 11 is 13.5. The molecule has 0 saturated carbocycles. The van der Waals surface area contributed by atoms with E-state index in [0.29, 0.717) is 27.4 Å². The van der Waals surface area contributed by atoms with E-state index in [9.17, 15) is 4.79 Å². The van der Waals surface area contributed by atoms with E-state index in [1.54, 1.807) is 18.2 Å². The maximum absolute atomic E-state index is 12.3. The maximum atomic E-state index is 12.3. The summed E-state index contributed by atoms with van der Waals surface area (Å²) in [7, 11) is 0. The molecule has 0 fully saturated rings. The van der Waals surface area contributed by atoms with Gasteiger partial charge in [-0.2, -0.15) is 0 Å². The summed E-state index contributed by atoms with van der Waals surface area (Å²) < 4.78 is 1.98. The molecule has 0 atom stereocenters. The monoisotopic (exact) mass is 406 g/mol. The Kier molecular flexibility index (Phi) is 6.19. The van der Waals surface area contributed by atoms with Crippen molar-refractivity contribution >= 4 is 46.6 Å². The molecule has 0 radical (unpaired) electrons. The zero-order valence-corrected chi connectivity index (χ0v) is 16.3. The Morgan fingerprint density at radius 3 is 2.42 bits per heavy atom. The van der Waals surface area contributed by atoms with Crippen LogP contribution in [0, 0.1) is 0 Å². The fourth-order valence-electron chi connectivity index (χ4n) is 2.40. The van der Waals surface area contributed by atoms with Crippen LogP contribution < -0.4 is 5.32 Å². The second-order valence-corrected chi connectivity index (χ2v) is 7.11. The summed E-state index contributed by atoms with van der Waals surface area (Å²) in [6.45, 7) is 2.72. The van der Waals surface area contributed by atoms with Gasteiger partial charge in [0.2, 0.25) is 5.91 Å². The Balaban J connectivity index is 1.70. The van der Waals surface area contributed by atoms with E-state index in [2.05, 4.69) is 15.5 Å². The quantitative estimate of drug-likeness (QED) is 0.584. The molecule has 1 heterocycles. The van der Waals surface area contributed by atoms with Crippen molar-refractivity contribution in [3.8, 4) is 11.4 Å². The number of hydrogen-bond acceptors (Lipinski definition) is 4. The van der Waals surface area contributed by atoms with Crippen molar-refractivity contribution in [2.45, 2.75) is 18.6 Å². The molecule has 0 spiro atoms. The van der Waals surface area contributed by atoms with Gasteiger partial charge in [-0.25, -0.2) is 0 Å². The van der Waals surface area contributed by atoms with Crippen LogP contribution in [0.25, 0.3) is 11.4 Å². The minimum atomic E-state index is -0.211. The number of hydrogen-bond donors (Lipinski definition) is 1. The Hall–Kier alpha value is -2.02. The van der Waals surface area contributed by atoms with Crippen molar-refractivity contribution < 1.29 is 4.79 Å². The van der Waals surface area contributed by atoms with Crippen LogP contribution in [-0.4, -0.2) is 26.4 Å². The first-order valence-corrected chi connectivity index (χ1v) is 9.69. The smallest absolute Gasteiger partial charge is 0.234 e. The van der Waals surface area contributed by atoms with Gasteiger partial charge in [0.1, 0.15) is 0 Å². The van der Waals surface area contributed by atoms with Crippen LogP contribution in [0.4, 0.5) is 5.69 Å². The van der Waals surface area contributed by atoms with Crippen LogP contribution in [0.15, 0.2) is 53.7 Å². The number of benzene rings is 2. The SMILES string of the molecule is CCn1c(SCC(=O)Nc2c(Cl)cccc2Cl)nnc1-c1ccccc1. The first-order valence-electron chi connectivity index (χ1n) is 7.95. The van der Waals surface area contributed by atoms with E-state index in [1.165, 1.54) is 11.8 Å². The summed E-state index contributed by atoms with van der Waals surface area (Å²) in [4.78, 5) is 12.3. The van der Waals surface area contributed by atoms with Gasteiger partial charge in [-0.05, 0) is 19.1 Å². The maximum Gasteiger partial charge on any atom is 0.234 e. The van der Waals surface area contributed by atoms with E-state index < -0.39 is 0 Å². The number of nitrogens with zero attached hydrogens (tertiary/aromatic N) is 3. The molecule has 1 N–H and O–H groups in total. The van der Waals surface area contributed by atoms with E-state index in [-0.39, 0.29) is 11.7 Å². The summed E-state index contributed by atoms with van der Waals surface area (Å²) in [6.07, 6.45) is 0. The molecule has 5 nitrogen and oxygen atoms in total. The van der Waals surface area contributed by atoms with Crippen LogP contribution in [0.1, 0.15) is 6.92 Å². The molecule has 0 aliphatic carbocycles. The number of para-hydroxylation sites is 1. The third kappa shape index (κ3) is 4.20. The molecule has 0 saturated heterocycles. The van der Waals surface area contributed by atoms with Crippen LogP contribution in [0.2, 0.25) is 10.0 Å². The standard InChI is InChI=1S/C18H16Cl2N4OS/c1-2-24-17(12-7-4-3-5-8-12)22-23-18(24)26-11-15(25)21-16-13(19)9-6-10-14(16)20/h3-10H,2,11H2,1H3,(H,21,25). The molecular weight excluding hydrogens is 391 g/mol. The molecule has 0 bridgehead atoms. The summed E-state index contributed by atoms with van der Waals surface area (Å²) in [5, 5.41) is 12.7. The summed E-state index contributed by atoms with van der Waals surface area (Å²) in [5.41, 5.74) is 1.41. The zero-order chi connectivity index (χ0) is 18.5. The van der Waals surface area contributed by atoms with Crippen molar-refractivity contribution in [2.75, 3.05) is 11.1 Å². The van der Waals surface area contributed by atoms with Gasteiger partial charge in [-0.1, -0.05) is 71.4 Å². The number of thioether (sulfide) groups is 1. The Morgan fingerprint density at radius 2 is 1.77 bits per heavy atom. The Bertz CT molecular complexity index is 895. The van der Waals surface area contributed by atoms with Crippen molar-refractivity contribution in [3.63, 3.8) is 0 Å². The number of aromatic nitrogens is 3. The van der Waals surface area contributed by atoms with Gasteiger partial charge in [0.05, 0.1) is 21.5 Å². The van der Waals surface area contributed by atoms with E-state index >= 15 is 0 Å². The van der Waals surface area contributed by atoms with Crippen LogP contribution in [0.5, 0.6) is 0 Å². The molecule has 0 unspecified atom stereocenters. The summed E-state index contributed by atoms with van der Waals surface area (Å²) in [6, 6.07) is 14.9. The van der Waals surface area contributed by atoms with E-state index in [0.717, 1.165) is 11.4 Å². The number of nitrogens with one attached hydrogen (secondary N) is 1. The highest BCUT2D eigenvalue weighted by atomic mass is 35.5. The number of halogens is 2. The normalized spacial score (nSPS) is 10.7. The highest BCUT2D eigenvalue weighted by Crippen LogP contribution is 2.30. The molecule has 1 aromatic heterocycles. The van der Waals surface area contributed by atoms with Crippen molar-refractivity contribution in [2.24, 2.45) is 0 Å². The number of carbonyl (C=O) groups excluding carboxylic acids is 1. The molecule has 2 aromatic carbocycles. The molecule has 134 valence electrons. The number of amides is 1. The van der Waals surface area contributed by atoms with Gasteiger partial charge in [0.15, 0.2) is 11.0 Å².